The fraction of sp³-hybridized carbons (Fsp3) is 0.222. The van der Waals surface area contributed by atoms with Crippen LogP contribution in [-0.2, 0) is 10.0 Å². The molecule has 0 spiro atoms. The monoisotopic (exact) mass is 409 g/mol. The number of hydrogen-bond acceptors (Lipinski definition) is 6. The van der Waals surface area contributed by atoms with Gasteiger partial charge in [-0.15, -0.1) is 22.6 Å². The molecule has 1 aromatic heterocycles. The minimum atomic E-state index is -3.73. The highest BCUT2D eigenvalue weighted by molar-refractivity contribution is 7.89. The van der Waals surface area contributed by atoms with Crippen LogP contribution in [0.3, 0.4) is 0 Å². The summed E-state index contributed by atoms with van der Waals surface area (Å²) in [4.78, 5) is 0.144. The summed E-state index contributed by atoms with van der Waals surface area (Å²) in [6.07, 6.45) is 0. The molecule has 3 aromatic rings. The Hall–Kier alpha value is -2.26. The number of aryl methyl sites for hydroxylation is 1. The lowest BCUT2D eigenvalue weighted by Crippen LogP contribution is -2.27. The summed E-state index contributed by atoms with van der Waals surface area (Å²) in [6, 6.07) is 12.6. The predicted molar refractivity (Wildman–Crippen MR) is 106 cm³/mol. The topological polar surface area (TPSA) is 101 Å². The van der Waals surface area contributed by atoms with E-state index in [-0.39, 0.29) is 30.5 Å². The molecule has 0 aliphatic rings. The van der Waals surface area contributed by atoms with Crippen molar-refractivity contribution < 1.29 is 18.3 Å². The summed E-state index contributed by atoms with van der Waals surface area (Å²) in [5.74, 6) is 0.411. The van der Waals surface area contributed by atoms with Gasteiger partial charge in [-0.3, -0.25) is 0 Å². The number of methoxy groups -OCH3 is 1. The van der Waals surface area contributed by atoms with Crippen molar-refractivity contribution in [1.29, 1.82) is 0 Å². The van der Waals surface area contributed by atoms with Crippen LogP contribution in [0.15, 0.2) is 47.4 Å². The van der Waals surface area contributed by atoms with Crippen LogP contribution in [0, 0.1) is 6.92 Å². The molecule has 0 saturated carbocycles. The molecule has 2 N–H and O–H groups in total. The van der Waals surface area contributed by atoms with Crippen LogP contribution in [-0.4, -0.2) is 44.0 Å². The average molecular weight is 410 g/mol. The van der Waals surface area contributed by atoms with E-state index in [4.69, 9.17) is 9.84 Å². The third-order valence-electron chi connectivity index (χ3n) is 4.00. The minimum absolute atomic E-state index is 0. The van der Waals surface area contributed by atoms with Gasteiger partial charge in [-0.2, -0.15) is 0 Å². The van der Waals surface area contributed by atoms with Crippen molar-refractivity contribution in [3.05, 3.63) is 48.0 Å². The van der Waals surface area contributed by atoms with Crippen LogP contribution in [0.4, 0.5) is 0 Å². The number of hydrogen-bond donors (Lipinski definition) is 2. The van der Waals surface area contributed by atoms with Crippen LogP contribution < -0.4 is 9.46 Å². The standard InChI is InChI=1S/C18H19N3O4S.ClH/c1-12-7-8-13(11-16(12)26(23,24)19-9-10-22)17-14-5-3-4-6-15(14)18(25-2)21-20-17;/h3-8,11,19,22H,9-10H2,1-2H3;1H. The van der Waals surface area contributed by atoms with E-state index in [1.165, 1.54) is 7.11 Å². The van der Waals surface area contributed by atoms with E-state index in [9.17, 15) is 8.42 Å². The zero-order chi connectivity index (χ0) is 18.7. The molecule has 7 nitrogen and oxygen atoms in total. The van der Waals surface area contributed by atoms with Gasteiger partial charge in [0.05, 0.1) is 18.6 Å². The van der Waals surface area contributed by atoms with Gasteiger partial charge in [-0.25, -0.2) is 13.1 Å². The van der Waals surface area contributed by atoms with Crippen molar-refractivity contribution in [2.24, 2.45) is 0 Å². The molecule has 3 rings (SSSR count). The van der Waals surface area contributed by atoms with Crippen molar-refractivity contribution in [3.63, 3.8) is 0 Å². The maximum atomic E-state index is 12.5. The highest BCUT2D eigenvalue weighted by Crippen LogP contribution is 2.32. The number of halogens is 1. The highest BCUT2D eigenvalue weighted by Gasteiger charge is 2.19. The number of aliphatic hydroxyl groups is 1. The summed E-state index contributed by atoms with van der Waals surface area (Å²) >= 11 is 0. The first kappa shape index (κ1) is 21.0. The lowest BCUT2D eigenvalue weighted by atomic mass is 10.0. The van der Waals surface area contributed by atoms with Gasteiger partial charge in [0.1, 0.15) is 5.69 Å². The third kappa shape index (κ3) is 4.19. The van der Waals surface area contributed by atoms with Crippen molar-refractivity contribution in [2.75, 3.05) is 20.3 Å². The normalized spacial score (nSPS) is 11.2. The van der Waals surface area contributed by atoms with E-state index >= 15 is 0 Å². The van der Waals surface area contributed by atoms with E-state index in [1.54, 1.807) is 19.1 Å². The molecule has 27 heavy (non-hydrogen) atoms. The summed E-state index contributed by atoms with van der Waals surface area (Å²) in [5, 5.41) is 18.8. The van der Waals surface area contributed by atoms with E-state index in [0.29, 0.717) is 22.7 Å². The van der Waals surface area contributed by atoms with E-state index < -0.39 is 10.0 Å². The SMILES string of the molecule is COc1nnc(-c2ccc(C)c(S(=O)(=O)NCCO)c2)c2ccccc12.Cl. The van der Waals surface area contributed by atoms with Gasteiger partial charge < -0.3 is 9.84 Å². The molecule has 0 fully saturated rings. The van der Waals surface area contributed by atoms with Crippen LogP contribution in [0.5, 0.6) is 5.88 Å². The van der Waals surface area contributed by atoms with Crippen LogP contribution in [0.2, 0.25) is 0 Å². The number of nitrogens with one attached hydrogen (secondary N) is 1. The smallest absolute Gasteiger partial charge is 0.241 e. The van der Waals surface area contributed by atoms with Gasteiger partial charge in [0.15, 0.2) is 0 Å². The maximum absolute atomic E-state index is 12.5. The Kier molecular flexibility index (Phi) is 6.72. The molecule has 144 valence electrons. The molecule has 9 heteroatoms. The predicted octanol–water partition coefficient (Wildman–Crippen LogP) is 2.31. The van der Waals surface area contributed by atoms with Crippen molar-refractivity contribution in [3.8, 4) is 17.1 Å². The molecule has 0 atom stereocenters. The second kappa shape index (κ2) is 8.62. The number of ether oxygens (including phenoxy) is 1. The minimum Gasteiger partial charge on any atom is -0.479 e. The number of nitrogens with zero attached hydrogens (tertiary/aromatic N) is 2. The Balaban J connectivity index is 0.00000261. The number of fused-ring (bicyclic) bond motifs is 1. The summed E-state index contributed by atoms with van der Waals surface area (Å²) in [5.41, 5.74) is 1.80. The first-order valence-electron chi connectivity index (χ1n) is 7.99. The first-order chi connectivity index (χ1) is 12.5. The van der Waals surface area contributed by atoms with Crippen molar-refractivity contribution >= 4 is 33.2 Å². The van der Waals surface area contributed by atoms with Gasteiger partial charge >= 0.3 is 0 Å². The number of sulfonamides is 1. The number of benzene rings is 2. The van der Waals surface area contributed by atoms with E-state index in [2.05, 4.69) is 14.9 Å². The zero-order valence-electron chi connectivity index (χ0n) is 14.8. The average Bonchev–Trinajstić information content (AvgIpc) is 2.66. The molecule has 1 heterocycles. The molecule has 0 saturated heterocycles. The van der Waals surface area contributed by atoms with Crippen LogP contribution in [0.1, 0.15) is 5.56 Å². The Labute approximate surface area is 163 Å². The molecule has 0 radical (unpaired) electrons. The molecule has 0 aliphatic carbocycles. The quantitative estimate of drug-likeness (QED) is 0.647. The Bertz CT molecular complexity index is 1060. The fourth-order valence-corrected chi connectivity index (χ4v) is 4.03. The third-order valence-corrected chi connectivity index (χ3v) is 5.60. The molecular formula is C18H20ClN3O4S. The number of aromatic nitrogens is 2. The van der Waals surface area contributed by atoms with Gasteiger partial charge in [0, 0.05) is 22.9 Å². The molecule has 0 bridgehead atoms. The van der Waals surface area contributed by atoms with Crippen LogP contribution in [0.25, 0.3) is 22.0 Å². The molecule has 0 unspecified atom stereocenters. The Morgan fingerprint density at radius 2 is 1.81 bits per heavy atom. The van der Waals surface area contributed by atoms with Crippen molar-refractivity contribution in [1.82, 2.24) is 14.9 Å². The fourth-order valence-electron chi connectivity index (χ4n) is 2.74. The van der Waals surface area contributed by atoms with E-state index in [1.807, 2.05) is 30.3 Å². The largest absolute Gasteiger partial charge is 0.479 e. The lowest BCUT2D eigenvalue weighted by molar-refractivity contribution is 0.301. The maximum Gasteiger partial charge on any atom is 0.241 e. The first-order valence-corrected chi connectivity index (χ1v) is 9.47. The number of rotatable bonds is 6. The van der Waals surface area contributed by atoms with Crippen molar-refractivity contribution in [2.45, 2.75) is 11.8 Å². The molecule has 0 aliphatic heterocycles. The molecular weight excluding hydrogens is 390 g/mol. The lowest BCUT2D eigenvalue weighted by Gasteiger charge is -2.12. The highest BCUT2D eigenvalue weighted by atomic mass is 35.5. The van der Waals surface area contributed by atoms with Crippen LogP contribution >= 0.6 is 12.4 Å². The molecule has 2 aromatic carbocycles. The second-order valence-corrected chi connectivity index (χ2v) is 7.44. The number of aliphatic hydroxyl groups excluding tert-OH is 1. The van der Waals surface area contributed by atoms with Gasteiger partial charge in [0.25, 0.3) is 0 Å². The Morgan fingerprint density at radius 1 is 1.11 bits per heavy atom. The van der Waals surface area contributed by atoms with Gasteiger partial charge in [0.2, 0.25) is 15.9 Å². The summed E-state index contributed by atoms with van der Waals surface area (Å²) < 4.78 is 32.6. The van der Waals surface area contributed by atoms with Gasteiger partial charge in [-0.05, 0) is 24.6 Å². The van der Waals surface area contributed by atoms with Gasteiger partial charge in [-0.1, -0.05) is 30.3 Å². The van der Waals surface area contributed by atoms with E-state index in [0.717, 1.165) is 10.8 Å². The Morgan fingerprint density at radius 3 is 2.48 bits per heavy atom. The summed E-state index contributed by atoms with van der Waals surface area (Å²) in [6.45, 7) is 1.40. The zero-order valence-corrected chi connectivity index (χ0v) is 16.5. The summed E-state index contributed by atoms with van der Waals surface area (Å²) in [7, 11) is -2.21. The second-order valence-electron chi connectivity index (χ2n) is 5.71. The molecule has 0 amide bonds.